The van der Waals surface area contributed by atoms with Crippen LogP contribution in [0.25, 0.3) is 0 Å². The summed E-state index contributed by atoms with van der Waals surface area (Å²) in [6.07, 6.45) is 0.233. The van der Waals surface area contributed by atoms with Gasteiger partial charge in [-0.2, -0.15) is 5.26 Å². The third-order valence-corrected chi connectivity index (χ3v) is 3.46. The maximum atomic E-state index is 12.4. The van der Waals surface area contributed by atoms with Crippen molar-refractivity contribution in [3.05, 3.63) is 35.4 Å². The highest BCUT2D eigenvalue weighted by molar-refractivity contribution is 5.94. The Hall–Kier alpha value is -2.55. The molecule has 23 heavy (non-hydrogen) atoms. The molecular weight excluding hydrogens is 294 g/mol. The molecule has 0 aliphatic carbocycles. The quantitative estimate of drug-likeness (QED) is 0.908. The van der Waals surface area contributed by atoms with E-state index >= 15 is 0 Å². The molecule has 1 aliphatic rings. The molecule has 0 spiro atoms. The number of hydrogen-bond donors (Lipinski definition) is 1. The largest absolute Gasteiger partial charge is 0.444 e. The van der Waals surface area contributed by atoms with Crippen LogP contribution in [0.5, 0.6) is 0 Å². The molecular formula is C17H21N3O3. The van der Waals surface area contributed by atoms with Gasteiger partial charge in [0.25, 0.3) is 5.91 Å². The van der Waals surface area contributed by atoms with Gasteiger partial charge in [-0.05, 0) is 51.5 Å². The minimum Gasteiger partial charge on any atom is -0.444 e. The third kappa shape index (κ3) is 4.71. The van der Waals surface area contributed by atoms with Gasteiger partial charge in [0.1, 0.15) is 5.60 Å². The number of hydrogen-bond acceptors (Lipinski definition) is 4. The number of alkyl carbamates (subject to hydrolysis) is 1. The molecule has 1 saturated heterocycles. The van der Waals surface area contributed by atoms with E-state index in [1.54, 1.807) is 29.2 Å². The molecule has 0 saturated carbocycles. The zero-order chi connectivity index (χ0) is 17.0. The highest BCUT2D eigenvalue weighted by atomic mass is 16.6. The topological polar surface area (TPSA) is 82.4 Å². The van der Waals surface area contributed by atoms with Gasteiger partial charge in [0, 0.05) is 18.7 Å². The number of likely N-dealkylation sites (tertiary alicyclic amines) is 1. The van der Waals surface area contributed by atoms with Crippen LogP contribution in [0.2, 0.25) is 0 Å². The lowest BCUT2D eigenvalue weighted by Gasteiger charge is -2.22. The average molecular weight is 315 g/mol. The minimum atomic E-state index is -0.541. The lowest BCUT2D eigenvalue weighted by Crippen LogP contribution is -2.41. The predicted molar refractivity (Wildman–Crippen MR) is 84.8 cm³/mol. The Bertz CT molecular complexity index is 626. The van der Waals surface area contributed by atoms with E-state index in [0.717, 1.165) is 0 Å². The standard InChI is InChI=1S/C17H21N3O3/c1-17(2,3)23-16(22)19-14-8-9-20(11-14)15(21)13-6-4-12(10-18)5-7-13/h4-7,14H,8-9,11H2,1-3H3,(H,19,22). The number of benzene rings is 1. The number of nitrogens with zero attached hydrogens (tertiary/aromatic N) is 2. The zero-order valence-corrected chi connectivity index (χ0v) is 13.6. The molecule has 2 rings (SSSR count). The van der Waals surface area contributed by atoms with Crippen LogP contribution >= 0.6 is 0 Å². The van der Waals surface area contributed by atoms with Crippen LogP contribution in [0, 0.1) is 11.3 Å². The molecule has 0 aromatic heterocycles. The molecule has 1 fully saturated rings. The number of nitrogens with one attached hydrogen (secondary N) is 1. The molecule has 1 aliphatic heterocycles. The van der Waals surface area contributed by atoms with Crippen LogP contribution in [0.4, 0.5) is 4.79 Å². The van der Waals surface area contributed by atoms with E-state index in [1.807, 2.05) is 26.8 Å². The van der Waals surface area contributed by atoms with E-state index in [2.05, 4.69) is 5.32 Å². The zero-order valence-electron chi connectivity index (χ0n) is 13.6. The normalized spacial score (nSPS) is 17.5. The van der Waals surface area contributed by atoms with Crippen molar-refractivity contribution in [1.82, 2.24) is 10.2 Å². The molecule has 6 heteroatoms. The van der Waals surface area contributed by atoms with E-state index < -0.39 is 11.7 Å². The summed E-state index contributed by atoms with van der Waals surface area (Å²) in [5.74, 6) is -0.0945. The summed E-state index contributed by atoms with van der Waals surface area (Å²) in [6, 6.07) is 8.47. The summed E-state index contributed by atoms with van der Waals surface area (Å²) in [5.41, 5.74) is 0.523. The van der Waals surface area contributed by atoms with Gasteiger partial charge in [-0.1, -0.05) is 0 Å². The van der Waals surface area contributed by atoms with Crippen LogP contribution in [0.3, 0.4) is 0 Å². The first-order chi connectivity index (χ1) is 10.8. The van der Waals surface area contributed by atoms with Crippen LogP contribution in [0.15, 0.2) is 24.3 Å². The Morgan fingerprint density at radius 2 is 1.96 bits per heavy atom. The second-order valence-corrected chi connectivity index (χ2v) is 6.57. The highest BCUT2D eigenvalue weighted by Gasteiger charge is 2.29. The van der Waals surface area contributed by atoms with Gasteiger partial charge < -0.3 is 15.0 Å². The Morgan fingerprint density at radius 1 is 1.30 bits per heavy atom. The summed E-state index contributed by atoms with van der Waals surface area (Å²) in [7, 11) is 0. The van der Waals surface area contributed by atoms with Crippen LogP contribution in [-0.4, -0.2) is 41.6 Å². The average Bonchev–Trinajstić information content (AvgIpc) is 2.93. The van der Waals surface area contributed by atoms with Gasteiger partial charge in [0.05, 0.1) is 17.7 Å². The molecule has 1 unspecified atom stereocenters. The van der Waals surface area contributed by atoms with E-state index in [-0.39, 0.29) is 11.9 Å². The molecule has 1 heterocycles. The fourth-order valence-electron chi connectivity index (χ4n) is 2.41. The predicted octanol–water partition coefficient (Wildman–Crippen LogP) is 2.30. The molecule has 1 atom stereocenters. The van der Waals surface area contributed by atoms with Gasteiger partial charge in [0.2, 0.25) is 0 Å². The second kappa shape index (κ2) is 6.69. The van der Waals surface area contributed by atoms with E-state index in [0.29, 0.717) is 30.6 Å². The molecule has 1 N–H and O–H groups in total. The molecule has 6 nitrogen and oxygen atoms in total. The molecule has 1 aromatic carbocycles. The Morgan fingerprint density at radius 3 is 2.52 bits per heavy atom. The first-order valence-electron chi connectivity index (χ1n) is 7.57. The molecule has 0 radical (unpaired) electrons. The third-order valence-electron chi connectivity index (χ3n) is 3.46. The number of carbonyl (C=O) groups excluding carboxylic acids is 2. The van der Waals surface area contributed by atoms with Crippen LogP contribution in [0.1, 0.15) is 43.1 Å². The van der Waals surface area contributed by atoms with Crippen molar-refractivity contribution in [2.75, 3.05) is 13.1 Å². The Kier molecular flexibility index (Phi) is 4.89. The number of rotatable bonds is 2. The van der Waals surface area contributed by atoms with Crippen molar-refractivity contribution >= 4 is 12.0 Å². The summed E-state index contributed by atoms with van der Waals surface area (Å²) >= 11 is 0. The summed E-state index contributed by atoms with van der Waals surface area (Å²) in [6.45, 7) is 6.46. The lowest BCUT2D eigenvalue weighted by atomic mass is 10.1. The van der Waals surface area contributed by atoms with Gasteiger partial charge in [-0.15, -0.1) is 0 Å². The van der Waals surface area contributed by atoms with Crippen molar-refractivity contribution in [3.63, 3.8) is 0 Å². The first-order valence-corrected chi connectivity index (χ1v) is 7.57. The molecule has 0 bridgehead atoms. The van der Waals surface area contributed by atoms with Crippen molar-refractivity contribution in [2.24, 2.45) is 0 Å². The van der Waals surface area contributed by atoms with Crippen molar-refractivity contribution in [1.29, 1.82) is 5.26 Å². The summed E-state index contributed by atoms with van der Waals surface area (Å²) < 4.78 is 5.22. The first kappa shape index (κ1) is 16.8. The van der Waals surface area contributed by atoms with Crippen LogP contribution < -0.4 is 5.32 Å². The summed E-state index contributed by atoms with van der Waals surface area (Å²) in [4.78, 5) is 25.9. The molecule has 122 valence electrons. The van der Waals surface area contributed by atoms with Crippen molar-refractivity contribution in [2.45, 2.75) is 38.8 Å². The number of carbonyl (C=O) groups is 2. The van der Waals surface area contributed by atoms with Gasteiger partial charge in [-0.25, -0.2) is 4.79 Å². The van der Waals surface area contributed by atoms with Crippen molar-refractivity contribution < 1.29 is 14.3 Å². The Balaban J connectivity index is 1.90. The van der Waals surface area contributed by atoms with Gasteiger partial charge in [0.15, 0.2) is 0 Å². The number of ether oxygens (including phenoxy) is 1. The maximum absolute atomic E-state index is 12.4. The molecule has 2 amide bonds. The fourth-order valence-corrected chi connectivity index (χ4v) is 2.41. The molecule has 1 aromatic rings. The lowest BCUT2D eigenvalue weighted by molar-refractivity contribution is 0.0502. The van der Waals surface area contributed by atoms with E-state index in [9.17, 15) is 9.59 Å². The fraction of sp³-hybridized carbons (Fsp3) is 0.471. The van der Waals surface area contributed by atoms with Gasteiger partial charge >= 0.3 is 6.09 Å². The SMILES string of the molecule is CC(C)(C)OC(=O)NC1CCN(C(=O)c2ccc(C#N)cc2)C1. The van der Waals surface area contributed by atoms with E-state index in [4.69, 9.17) is 10.00 Å². The number of nitriles is 1. The van der Waals surface area contributed by atoms with Crippen LogP contribution in [-0.2, 0) is 4.74 Å². The maximum Gasteiger partial charge on any atom is 0.407 e. The smallest absolute Gasteiger partial charge is 0.407 e. The highest BCUT2D eigenvalue weighted by Crippen LogP contribution is 2.15. The monoisotopic (exact) mass is 315 g/mol. The van der Waals surface area contributed by atoms with Gasteiger partial charge in [-0.3, -0.25) is 4.79 Å². The summed E-state index contributed by atoms with van der Waals surface area (Å²) in [5, 5.41) is 11.6. The van der Waals surface area contributed by atoms with Crippen molar-refractivity contribution in [3.8, 4) is 6.07 Å². The minimum absolute atomic E-state index is 0.0945. The number of amides is 2. The van der Waals surface area contributed by atoms with E-state index in [1.165, 1.54) is 0 Å². The Labute approximate surface area is 136 Å². The second-order valence-electron chi connectivity index (χ2n) is 6.57.